The van der Waals surface area contributed by atoms with Crippen molar-refractivity contribution in [3.05, 3.63) is 23.9 Å². The van der Waals surface area contributed by atoms with Crippen LogP contribution in [0.4, 0.5) is 5.82 Å². The minimum atomic E-state index is 0.545. The first-order valence-electron chi connectivity index (χ1n) is 4.82. The van der Waals surface area contributed by atoms with E-state index in [2.05, 4.69) is 22.9 Å². The van der Waals surface area contributed by atoms with E-state index in [-0.39, 0.29) is 0 Å². The molecule has 0 atom stereocenters. The van der Waals surface area contributed by atoms with E-state index in [1.165, 1.54) is 0 Å². The zero-order valence-corrected chi connectivity index (χ0v) is 8.70. The van der Waals surface area contributed by atoms with Crippen LogP contribution in [-0.4, -0.2) is 18.1 Å². The van der Waals surface area contributed by atoms with Gasteiger partial charge in [-0.1, -0.05) is 6.07 Å². The maximum Gasteiger partial charge on any atom is 0.128 e. The van der Waals surface area contributed by atoms with Crippen molar-refractivity contribution in [1.82, 2.24) is 4.98 Å². The molecule has 14 heavy (non-hydrogen) atoms. The monoisotopic (exact) mass is 189 g/mol. The van der Waals surface area contributed by atoms with Gasteiger partial charge in [-0.2, -0.15) is 5.26 Å². The zero-order valence-electron chi connectivity index (χ0n) is 8.70. The number of anilines is 1. The molecule has 0 saturated carbocycles. The Labute approximate surface area is 85.0 Å². The molecule has 0 radical (unpaired) electrons. The number of pyridine rings is 1. The summed E-state index contributed by atoms with van der Waals surface area (Å²) in [6.45, 7) is 5.72. The summed E-state index contributed by atoms with van der Waals surface area (Å²) in [6, 6.07) is 6.18. The van der Waals surface area contributed by atoms with E-state index < -0.39 is 0 Å². The molecule has 0 amide bonds. The number of hydrogen-bond acceptors (Lipinski definition) is 3. The first kappa shape index (κ1) is 10.5. The molecule has 0 saturated heterocycles. The molecule has 0 aliphatic heterocycles. The lowest BCUT2D eigenvalue weighted by Crippen LogP contribution is -2.24. The minimum absolute atomic E-state index is 0.545. The highest BCUT2D eigenvalue weighted by Gasteiger charge is 2.03. The van der Waals surface area contributed by atoms with E-state index in [4.69, 9.17) is 5.26 Å². The highest BCUT2D eigenvalue weighted by Crippen LogP contribution is 2.10. The number of rotatable bonds is 4. The fraction of sp³-hybridized carbons (Fsp3) is 0.455. The minimum Gasteiger partial charge on any atom is -0.356 e. The SMILES string of the molecule is CCN(CCC#N)c1ccc(C)cn1. The summed E-state index contributed by atoms with van der Waals surface area (Å²) in [6.07, 6.45) is 2.40. The molecule has 0 aromatic carbocycles. The third-order valence-corrected chi connectivity index (χ3v) is 2.09. The van der Waals surface area contributed by atoms with Crippen molar-refractivity contribution in [1.29, 1.82) is 5.26 Å². The average molecular weight is 189 g/mol. The number of nitriles is 1. The Morgan fingerprint density at radius 3 is 2.79 bits per heavy atom. The van der Waals surface area contributed by atoms with E-state index in [9.17, 15) is 0 Å². The van der Waals surface area contributed by atoms with Crippen LogP contribution in [0.15, 0.2) is 18.3 Å². The van der Waals surface area contributed by atoms with Crippen molar-refractivity contribution in [3.8, 4) is 6.07 Å². The second-order valence-corrected chi connectivity index (χ2v) is 3.18. The third kappa shape index (κ3) is 2.74. The topological polar surface area (TPSA) is 39.9 Å². The maximum atomic E-state index is 8.50. The molecule has 0 aliphatic rings. The lowest BCUT2D eigenvalue weighted by atomic mass is 10.3. The van der Waals surface area contributed by atoms with Crippen LogP contribution in [0.2, 0.25) is 0 Å². The first-order chi connectivity index (χ1) is 6.77. The van der Waals surface area contributed by atoms with Gasteiger partial charge in [-0.05, 0) is 25.5 Å². The van der Waals surface area contributed by atoms with Crippen molar-refractivity contribution in [2.24, 2.45) is 0 Å². The van der Waals surface area contributed by atoms with Crippen LogP contribution in [0, 0.1) is 18.3 Å². The number of aromatic nitrogens is 1. The quantitative estimate of drug-likeness (QED) is 0.728. The number of hydrogen-bond donors (Lipinski definition) is 0. The molecule has 0 spiro atoms. The van der Waals surface area contributed by atoms with E-state index in [0.29, 0.717) is 6.42 Å². The van der Waals surface area contributed by atoms with Crippen molar-refractivity contribution < 1.29 is 0 Å². The summed E-state index contributed by atoms with van der Waals surface area (Å²) in [4.78, 5) is 6.42. The molecular weight excluding hydrogens is 174 g/mol. The molecule has 3 nitrogen and oxygen atoms in total. The largest absolute Gasteiger partial charge is 0.356 e. The van der Waals surface area contributed by atoms with Gasteiger partial charge in [0.15, 0.2) is 0 Å². The number of nitrogens with zero attached hydrogens (tertiary/aromatic N) is 3. The Morgan fingerprint density at radius 1 is 1.50 bits per heavy atom. The lowest BCUT2D eigenvalue weighted by Gasteiger charge is -2.20. The van der Waals surface area contributed by atoms with Crippen LogP contribution < -0.4 is 4.90 Å². The normalized spacial score (nSPS) is 9.50. The Bertz CT molecular complexity index is 310. The van der Waals surface area contributed by atoms with Crippen LogP contribution in [-0.2, 0) is 0 Å². The molecule has 0 fully saturated rings. The summed E-state index contributed by atoms with van der Waals surface area (Å²) in [5, 5.41) is 8.50. The van der Waals surface area contributed by atoms with Gasteiger partial charge in [-0.3, -0.25) is 0 Å². The van der Waals surface area contributed by atoms with E-state index in [0.717, 1.165) is 24.5 Å². The Balaban J connectivity index is 2.69. The predicted molar refractivity (Wildman–Crippen MR) is 57.1 cm³/mol. The summed E-state index contributed by atoms with van der Waals surface area (Å²) in [5.41, 5.74) is 1.16. The molecule has 1 rings (SSSR count). The Morgan fingerprint density at radius 2 is 2.29 bits per heavy atom. The summed E-state index contributed by atoms with van der Waals surface area (Å²) in [7, 11) is 0. The van der Waals surface area contributed by atoms with E-state index in [1.807, 2.05) is 25.3 Å². The van der Waals surface area contributed by atoms with Crippen molar-refractivity contribution in [2.75, 3.05) is 18.0 Å². The maximum absolute atomic E-state index is 8.50. The number of aryl methyl sites for hydroxylation is 1. The molecule has 0 aliphatic carbocycles. The molecule has 74 valence electrons. The lowest BCUT2D eigenvalue weighted by molar-refractivity contribution is 0.810. The Kier molecular flexibility index (Phi) is 3.93. The molecule has 0 N–H and O–H groups in total. The van der Waals surface area contributed by atoms with Gasteiger partial charge in [0.1, 0.15) is 5.82 Å². The summed E-state index contributed by atoms with van der Waals surface area (Å²) in [5.74, 6) is 0.952. The van der Waals surface area contributed by atoms with Crippen LogP contribution >= 0.6 is 0 Å². The molecule has 0 unspecified atom stereocenters. The molecule has 1 aromatic heterocycles. The molecule has 0 bridgehead atoms. The molecule has 3 heteroatoms. The predicted octanol–water partition coefficient (Wildman–Crippen LogP) is 2.13. The van der Waals surface area contributed by atoms with Gasteiger partial charge in [0.25, 0.3) is 0 Å². The highest BCUT2D eigenvalue weighted by atomic mass is 15.2. The summed E-state index contributed by atoms with van der Waals surface area (Å²) < 4.78 is 0. The van der Waals surface area contributed by atoms with Gasteiger partial charge in [0, 0.05) is 19.3 Å². The Hall–Kier alpha value is -1.56. The van der Waals surface area contributed by atoms with Gasteiger partial charge < -0.3 is 4.90 Å². The van der Waals surface area contributed by atoms with Gasteiger partial charge >= 0.3 is 0 Å². The van der Waals surface area contributed by atoms with Crippen LogP contribution in [0.3, 0.4) is 0 Å². The van der Waals surface area contributed by atoms with Crippen LogP contribution in [0.1, 0.15) is 18.9 Å². The van der Waals surface area contributed by atoms with Gasteiger partial charge in [0.05, 0.1) is 12.5 Å². The second kappa shape index (κ2) is 5.23. The standard InChI is InChI=1S/C11H15N3/c1-3-14(8-4-7-12)11-6-5-10(2)9-13-11/h5-6,9H,3-4,8H2,1-2H3. The second-order valence-electron chi connectivity index (χ2n) is 3.18. The fourth-order valence-corrected chi connectivity index (χ4v) is 1.27. The van der Waals surface area contributed by atoms with Crippen molar-refractivity contribution in [3.63, 3.8) is 0 Å². The summed E-state index contributed by atoms with van der Waals surface area (Å²) >= 11 is 0. The van der Waals surface area contributed by atoms with E-state index in [1.54, 1.807) is 0 Å². The van der Waals surface area contributed by atoms with Crippen LogP contribution in [0.25, 0.3) is 0 Å². The third-order valence-electron chi connectivity index (χ3n) is 2.09. The molecule has 1 aromatic rings. The average Bonchev–Trinajstić information content (AvgIpc) is 2.21. The molecule has 1 heterocycles. The zero-order chi connectivity index (χ0) is 10.4. The highest BCUT2D eigenvalue weighted by molar-refractivity contribution is 5.38. The van der Waals surface area contributed by atoms with Crippen molar-refractivity contribution in [2.45, 2.75) is 20.3 Å². The van der Waals surface area contributed by atoms with Crippen LogP contribution in [0.5, 0.6) is 0 Å². The van der Waals surface area contributed by atoms with Gasteiger partial charge in [0.2, 0.25) is 0 Å². The van der Waals surface area contributed by atoms with Gasteiger partial charge in [-0.25, -0.2) is 4.98 Å². The van der Waals surface area contributed by atoms with E-state index >= 15 is 0 Å². The smallest absolute Gasteiger partial charge is 0.128 e. The first-order valence-corrected chi connectivity index (χ1v) is 4.82. The van der Waals surface area contributed by atoms with Crippen molar-refractivity contribution >= 4 is 5.82 Å². The van der Waals surface area contributed by atoms with Gasteiger partial charge in [-0.15, -0.1) is 0 Å². The fourth-order valence-electron chi connectivity index (χ4n) is 1.27. The molecular formula is C11H15N3.